The van der Waals surface area contributed by atoms with E-state index in [4.69, 9.17) is 5.73 Å². The molecule has 1 aromatic heterocycles. The first-order chi connectivity index (χ1) is 8.30. The molecule has 1 aromatic rings. The molecule has 0 aromatic carbocycles. The van der Waals surface area contributed by atoms with Gasteiger partial charge in [0.05, 0.1) is 6.10 Å². The smallest absolute Gasteiger partial charge is 0.132 e. The highest BCUT2D eigenvalue weighted by molar-refractivity contribution is 5.44. The summed E-state index contributed by atoms with van der Waals surface area (Å²) < 4.78 is 0. The van der Waals surface area contributed by atoms with Gasteiger partial charge in [-0.2, -0.15) is 0 Å². The summed E-state index contributed by atoms with van der Waals surface area (Å²) in [5.74, 6) is 1.84. The molecule has 0 fully saturated rings. The summed E-state index contributed by atoms with van der Waals surface area (Å²) in [4.78, 5) is 8.41. The number of aliphatic hydroxyl groups is 1. The van der Waals surface area contributed by atoms with E-state index in [1.165, 1.54) is 0 Å². The SMILES string of the molecule is CCc1nc(N)cc(NCC(O)CC(C)(C)C)n1. The van der Waals surface area contributed by atoms with Crippen molar-refractivity contribution in [1.29, 1.82) is 0 Å². The van der Waals surface area contributed by atoms with E-state index in [1.54, 1.807) is 6.07 Å². The van der Waals surface area contributed by atoms with Crippen LogP contribution in [-0.4, -0.2) is 27.7 Å². The molecule has 0 aliphatic carbocycles. The normalized spacial score (nSPS) is 13.4. The van der Waals surface area contributed by atoms with Crippen LogP contribution < -0.4 is 11.1 Å². The Labute approximate surface area is 109 Å². The average Bonchev–Trinajstić information content (AvgIpc) is 2.23. The number of rotatable bonds is 5. The molecule has 4 N–H and O–H groups in total. The Balaban J connectivity index is 2.55. The highest BCUT2D eigenvalue weighted by atomic mass is 16.3. The van der Waals surface area contributed by atoms with E-state index < -0.39 is 6.10 Å². The molecule has 0 amide bonds. The largest absolute Gasteiger partial charge is 0.391 e. The maximum Gasteiger partial charge on any atom is 0.132 e. The maximum atomic E-state index is 9.90. The Bertz CT molecular complexity index is 387. The van der Waals surface area contributed by atoms with Crippen LogP contribution in [0.15, 0.2) is 6.07 Å². The fraction of sp³-hybridized carbons (Fsp3) is 0.692. The number of aliphatic hydroxyl groups excluding tert-OH is 1. The minimum absolute atomic E-state index is 0.111. The molecule has 0 saturated heterocycles. The summed E-state index contributed by atoms with van der Waals surface area (Å²) in [6.45, 7) is 8.76. The fourth-order valence-corrected chi connectivity index (χ4v) is 1.77. The number of nitrogen functional groups attached to an aromatic ring is 1. The van der Waals surface area contributed by atoms with Gasteiger partial charge in [-0.25, -0.2) is 9.97 Å². The number of hydrogen-bond acceptors (Lipinski definition) is 5. The van der Waals surface area contributed by atoms with Gasteiger partial charge in [0, 0.05) is 19.0 Å². The van der Waals surface area contributed by atoms with Crippen molar-refractivity contribution in [3.8, 4) is 0 Å². The van der Waals surface area contributed by atoms with Crippen LogP contribution in [0.5, 0.6) is 0 Å². The first kappa shape index (κ1) is 14.7. The molecular weight excluding hydrogens is 228 g/mol. The van der Waals surface area contributed by atoms with Crippen molar-refractivity contribution in [3.63, 3.8) is 0 Å². The van der Waals surface area contributed by atoms with Crippen LogP contribution in [-0.2, 0) is 6.42 Å². The molecule has 0 saturated carbocycles. The molecule has 1 heterocycles. The van der Waals surface area contributed by atoms with E-state index in [0.29, 0.717) is 24.0 Å². The molecule has 1 unspecified atom stereocenters. The molecule has 0 spiro atoms. The number of nitrogens with two attached hydrogens (primary N) is 1. The molecule has 1 rings (SSSR count). The van der Waals surface area contributed by atoms with Crippen LogP contribution in [0.25, 0.3) is 0 Å². The summed E-state index contributed by atoms with van der Waals surface area (Å²) in [7, 11) is 0. The summed E-state index contributed by atoms with van der Waals surface area (Å²) >= 11 is 0. The lowest BCUT2D eigenvalue weighted by molar-refractivity contribution is 0.132. The molecule has 0 aliphatic heterocycles. The second-order valence-electron chi connectivity index (χ2n) is 5.75. The minimum atomic E-state index is -0.397. The first-order valence-electron chi connectivity index (χ1n) is 6.35. The number of nitrogens with one attached hydrogen (secondary N) is 1. The van der Waals surface area contributed by atoms with E-state index >= 15 is 0 Å². The zero-order valence-electron chi connectivity index (χ0n) is 11.7. The highest BCUT2D eigenvalue weighted by Gasteiger charge is 2.16. The fourth-order valence-electron chi connectivity index (χ4n) is 1.77. The standard InChI is InChI=1S/C13H24N4O/c1-5-11-16-10(14)6-12(17-11)15-8-9(18)7-13(2,3)4/h6,9,18H,5,7-8H2,1-4H3,(H3,14,15,16,17). The lowest BCUT2D eigenvalue weighted by Gasteiger charge is -2.22. The van der Waals surface area contributed by atoms with Gasteiger partial charge in [-0.1, -0.05) is 27.7 Å². The Kier molecular flexibility index (Phi) is 4.90. The molecule has 5 nitrogen and oxygen atoms in total. The molecule has 0 radical (unpaired) electrons. The number of nitrogens with zero attached hydrogens (tertiary/aromatic N) is 2. The van der Waals surface area contributed by atoms with Crippen LogP contribution >= 0.6 is 0 Å². The van der Waals surface area contributed by atoms with Gasteiger partial charge in [0.15, 0.2) is 0 Å². The second kappa shape index (κ2) is 6.00. The summed E-state index contributed by atoms with van der Waals surface area (Å²) in [6, 6.07) is 1.68. The Morgan fingerprint density at radius 1 is 1.39 bits per heavy atom. The number of aromatic nitrogens is 2. The minimum Gasteiger partial charge on any atom is -0.391 e. The van der Waals surface area contributed by atoms with Gasteiger partial charge in [-0.15, -0.1) is 0 Å². The summed E-state index contributed by atoms with van der Waals surface area (Å²) in [5.41, 5.74) is 5.80. The second-order valence-corrected chi connectivity index (χ2v) is 5.75. The summed E-state index contributed by atoms with van der Waals surface area (Å²) in [6.07, 6.45) is 1.08. The quantitative estimate of drug-likeness (QED) is 0.744. The predicted octanol–water partition coefficient (Wildman–Crippen LogP) is 1.83. The van der Waals surface area contributed by atoms with Crippen molar-refractivity contribution < 1.29 is 5.11 Å². The molecule has 1 atom stereocenters. The Morgan fingerprint density at radius 3 is 2.61 bits per heavy atom. The van der Waals surface area contributed by atoms with Crippen molar-refractivity contribution in [1.82, 2.24) is 9.97 Å². The van der Waals surface area contributed by atoms with Gasteiger partial charge < -0.3 is 16.2 Å². The number of anilines is 2. The van der Waals surface area contributed by atoms with Crippen molar-refractivity contribution in [2.24, 2.45) is 5.41 Å². The van der Waals surface area contributed by atoms with E-state index in [9.17, 15) is 5.11 Å². The van der Waals surface area contributed by atoms with Crippen molar-refractivity contribution in [2.75, 3.05) is 17.6 Å². The lowest BCUT2D eigenvalue weighted by atomic mass is 9.89. The van der Waals surface area contributed by atoms with Crippen molar-refractivity contribution in [2.45, 2.75) is 46.6 Å². The van der Waals surface area contributed by atoms with E-state index in [1.807, 2.05) is 6.92 Å². The van der Waals surface area contributed by atoms with Crippen molar-refractivity contribution in [3.05, 3.63) is 11.9 Å². The summed E-state index contributed by atoms with van der Waals surface area (Å²) in [5, 5.41) is 13.0. The van der Waals surface area contributed by atoms with Gasteiger partial charge in [0.1, 0.15) is 17.5 Å². The predicted molar refractivity (Wildman–Crippen MR) is 74.4 cm³/mol. The molecule has 0 bridgehead atoms. The van der Waals surface area contributed by atoms with Gasteiger partial charge in [0.25, 0.3) is 0 Å². The zero-order chi connectivity index (χ0) is 13.8. The average molecular weight is 252 g/mol. The van der Waals surface area contributed by atoms with Crippen LogP contribution in [0.3, 0.4) is 0 Å². The maximum absolute atomic E-state index is 9.90. The van der Waals surface area contributed by atoms with E-state index in [-0.39, 0.29) is 5.41 Å². The van der Waals surface area contributed by atoms with Crippen molar-refractivity contribution >= 4 is 11.6 Å². The number of aryl methyl sites for hydroxylation is 1. The van der Waals surface area contributed by atoms with Gasteiger partial charge in [-0.3, -0.25) is 0 Å². The Hall–Kier alpha value is -1.36. The topological polar surface area (TPSA) is 84.1 Å². The monoisotopic (exact) mass is 252 g/mol. The third kappa shape index (κ3) is 5.31. The van der Waals surface area contributed by atoms with Gasteiger partial charge >= 0.3 is 0 Å². The van der Waals surface area contributed by atoms with Gasteiger partial charge in [-0.05, 0) is 11.8 Å². The highest BCUT2D eigenvalue weighted by Crippen LogP contribution is 2.21. The van der Waals surface area contributed by atoms with E-state index in [0.717, 1.165) is 12.8 Å². The van der Waals surface area contributed by atoms with Crippen LogP contribution in [0.1, 0.15) is 39.9 Å². The molecule has 18 heavy (non-hydrogen) atoms. The van der Waals surface area contributed by atoms with Crippen LogP contribution in [0, 0.1) is 5.41 Å². The molecule has 102 valence electrons. The first-order valence-corrected chi connectivity index (χ1v) is 6.35. The zero-order valence-corrected chi connectivity index (χ0v) is 11.7. The van der Waals surface area contributed by atoms with E-state index in [2.05, 4.69) is 36.1 Å². The van der Waals surface area contributed by atoms with Crippen LogP contribution in [0.4, 0.5) is 11.6 Å². The Morgan fingerprint density at radius 2 is 2.06 bits per heavy atom. The number of hydrogen-bond donors (Lipinski definition) is 3. The lowest BCUT2D eigenvalue weighted by Crippen LogP contribution is -2.25. The van der Waals surface area contributed by atoms with Crippen LogP contribution in [0.2, 0.25) is 0 Å². The third-order valence-corrected chi connectivity index (χ3v) is 2.48. The third-order valence-electron chi connectivity index (χ3n) is 2.48. The molecular formula is C13H24N4O. The molecule has 0 aliphatic rings. The van der Waals surface area contributed by atoms with Gasteiger partial charge in [0.2, 0.25) is 0 Å². The molecule has 5 heteroatoms.